The largest absolute Gasteiger partial charge is 0.490 e. The molecule has 0 fully saturated rings. The Morgan fingerprint density at radius 2 is 1.76 bits per heavy atom. The standard InChI is InChI=1S/C17H30N2O2/c1-5-20-16-8-7-14(12-17(16)21-6-2)11-15(13(3)4)19-10-9-18/h7-8,12-13,15,19H,5-6,9-11,18H2,1-4H3. The third-order valence-corrected chi connectivity index (χ3v) is 3.42. The molecule has 0 amide bonds. The number of rotatable bonds is 10. The first kappa shape index (κ1) is 17.8. The maximum Gasteiger partial charge on any atom is 0.161 e. The van der Waals surface area contributed by atoms with Gasteiger partial charge < -0.3 is 20.5 Å². The monoisotopic (exact) mass is 294 g/mol. The van der Waals surface area contributed by atoms with Gasteiger partial charge in [-0.1, -0.05) is 19.9 Å². The average Bonchev–Trinajstić information content (AvgIpc) is 2.46. The molecule has 21 heavy (non-hydrogen) atoms. The second-order valence-corrected chi connectivity index (χ2v) is 5.44. The zero-order valence-electron chi connectivity index (χ0n) is 13.8. The molecular formula is C17H30N2O2. The molecule has 120 valence electrons. The van der Waals surface area contributed by atoms with Crippen molar-refractivity contribution in [2.45, 2.75) is 40.2 Å². The summed E-state index contributed by atoms with van der Waals surface area (Å²) in [5.74, 6) is 2.20. The topological polar surface area (TPSA) is 56.5 Å². The summed E-state index contributed by atoms with van der Waals surface area (Å²) in [6.45, 7) is 11.2. The van der Waals surface area contributed by atoms with E-state index in [-0.39, 0.29) is 0 Å². The number of nitrogens with one attached hydrogen (secondary N) is 1. The summed E-state index contributed by atoms with van der Waals surface area (Å²) >= 11 is 0. The molecule has 1 aromatic rings. The molecule has 1 unspecified atom stereocenters. The zero-order valence-corrected chi connectivity index (χ0v) is 13.8. The Balaban J connectivity index is 2.83. The van der Waals surface area contributed by atoms with Crippen LogP contribution in [0.4, 0.5) is 0 Å². The lowest BCUT2D eigenvalue weighted by molar-refractivity contribution is 0.287. The zero-order chi connectivity index (χ0) is 15.7. The van der Waals surface area contributed by atoms with Gasteiger partial charge in [-0.3, -0.25) is 0 Å². The van der Waals surface area contributed by atoms with E-state index in [2.05, 4.69) is 31.3 Å². The fraction of sp³-hybridized carbons (Fsp3) is 0.647. The minimum Gasteiger partial charge on any atom is -0.490 e. The van der Waals surface area contributed by atoms with E-state index in [1.807, 2.05) is 19.9 Å². The van der Waals surface area contributed by atoms with Gasteiger partial charge in [-0.15, -0.1) is 0 Å². The van der Waals surface area contributed by atoms with Crippen LogP contribution in [0.25, 0.3) is 0 Å². The Kier molecular flexibility index (Phi) is 8.16. The van der Waals surface area contributed by atoms with Crippen molar-refractivity contribution in [1.29, 1.82) is 0 Å². The van der Waals surface area contributed by atoms with Crippen LogP contribution in [0.5, 0.6) is 11.5 Å². The van der Waals surface area contributed by atoms with Gasteiger partial charge in [0.2, 0.25) is 0 Å². The van der Waals surface area contributed by atoms with Crippen molar-refractivity contribution in [1.82, 2.24) is 5.32 Å². The Morgan fingerprint density at radius 1 is 1.10 bits per heavy atom. The second-order valence-electron chi connectivity index (χ2n) is 5.44. The van der Waals surface area contributed by atoms with Crippen molar-refractivity contribution in [3.8, 4) is 11.5 Å². The predicted molar refractivity (Wildman–Crippen MR) is 88.2 cm³/mol. The van der Waals surface area contributed by atoms with E-state index in [1.165, 1.54) is 5.56 Å². The van der Waals surface area contributed by atoms with E-state index in [9.17, 15) is 0 Å². The molecule has 0 spiro atoms. The van der Waals surface area contributed by atoms with Gasteiger partial charge in [0.1, 0.15) is 0 Å². The Hall–Kier alpha value is -1.26. The molecule has 0 aromatic heterocycles. The van der Waals surface area contributed by atoms with Crippen molar-refractivity contribution in [3.05, 3.63) is 23.8 Å². The smallest absolute Gasteiger partial charge is 0.161 e. The summed E-state index contributed by atoms with van der Waals surface area (Å²) in [6.07, 6.45) is 0.962. The van der Waals surface area contributed by atoms with Crippen LogP contribution in [0.15, 0.2) is 18.2 Å². The minimum absolute atomic E-state index is 0.418. The molecule has 4 heteroatoms. The molecular weight excluding hydrogens is 264 g/mol. The average molecular weight is 294 g/mol. The fourth-order valence-electron chi connectivity index (χ4n) is 2.29. The van der Waals surface area contributed by atoms with Crippen molar-refractivity contribution < 1.29 is 9.47 Å². The van der Waals surface area contributed by atoms with Gasteiger partial charge in [0.05, 0.1) is 13.2 Å². The first-order valence-corrected chi connectivity index (χ1v) is 7.94. The van der Waals surface area contributed by atoms with Gasteiger partial charge in [0, 0.05) is 19.1 Å². The first-order chi connectivity index (χ1) is 10.1. The minimum atomic E-state index is 0.418. The molecule has 3 N–H and O–H groups in total. The van der Waals surface area contributed by atoms with Crippen LogP contribution in [0.3, 0.4) is 0 Å². The molecule has 4 nitrogen and oxygen atoms in total. The van der Waals surface area contributed by atoms with Gasteiger partial charge in [0.25, 0.3) is 0 Å². The third-order valence-electron chi connectivity index (χ3n) is 3.42. The maximum absolute atomic E-state index is 5.69. The highest BCUT2D eigenvalue weighted by Gasteiger charge is 2.14. The van der Waals surface area contributed by atoms with E-state index >= 15 is 0 Å². The summed E-state index contributed by atoms with van der Waals surface area (Å²) in [4.78, 5) is 0. The summed E-state index contributed by atoms with van der Waals surface area (Å²) in [5.41, 5.74) is 6.84. The molecule has 1 aromatic carbocycles. The van der Waals surface area contributed by atoms with Crippen LogP contribution in [0.2, 0.25) is 0 Å². The molecule has 0 aliphatic heterocycles. The van der Waals surface area contributed by atoms with Crippen molar-refractivity contribution in [2.24, 2.45) is 11.7 Å². The molecule has 0 bridgehead atoms. The summed E-state index contributed by atoms with van der Waals surface area (Å²) < 4.78 is 11.3. The SMILES string of the molecule is CCOc1ccc(CC(NCCN)C(C)C)cc1OCC. The maximum atomic E-state index is 5.69. The molecule has 0 heterocycles. The van der Waals surface area contributed by atoms with Gasteiger partial charge in [-0.2, -0.15) is 0 Å². The molecule has 0 radical (unpaired) electrons. The van der Waals surface area contributed by atoms with Gasteiger partial charge in [-0.25, -0.2) is 0 Å². The van der Waals surface area contributed by atoms with E-state index in [0.717, 1.165) is 24.5 Å². The quantitative estimate of drug-likeness (QED) is 0.696. The highest BCUT2D eigenvalue weighted by molar-refractivity contribution is 5.43. The van der Waals surface area contributed by atoms with Crippen LogP contribution in [0.1, 0.15) is 33.3 Å². The second kappa shape index (κ2) is 9.64. The molecule has 1 rings (SSSR count). The van der Waals surface area contributed by atoms with Crippen molar-refractivity contribution >= 4 is 0 Å². The van der Waals surface area contributed by atoms with E-state index in [0.29, 0.717) is 31.7 Å². The van der Waals surface area contributed by atoms with Crippen molar-refractivity contribution in [3.63, 3.8) is 0 Å². The molecule has 0 saturated carbocycles. The van der Waals surface area contributed by atoms with Gasteiger partial charge >= 0.3 is 0 Å². The number of ether oxygens (including phenoxy) is 2. The first-order valence-electron chi connectivity index (χ1n) is 7.94. The lowest BCUT2D eigenvalue weighted by Crippen LogP contribution is -2.38. The fourth-order valence-corrected chi connectivity index (χ4v) is 2.29. The highest BCUT2D eigenvalue weighted by atomic mass is 16.5. The number of nitrogens with two attached hydrogens (primary N) is 1. The third kappa shape index (κ3) is 5.94. The molecule has 1 atom stereocenters. The molecule has 0 aliphatic rings. The Labute approximate surface area is 129 Å². The number of benzene rings is 1. The lowest BCUT2D eigenvalue weighted by Gasteiger charge is -2.23. The van der Waals surface area contributed by atoms with Crippen molar-refractivity contribution in [2.75, 3.05) is 26.3 Å². The number of hydrogen-bond acceptors (Lipinski definition) is 4. The normalized spacial score (nSPS) is 12.5. The molecule has 0 saturated heterocycles. The van der Waals surface area contributed by atoms with Crippen LogP contribution >= 0.6 is 0 Å². The van der Waals surface area contributed by atoms with Gasteiger partial charge in [0.15, 0.2) is 11.5 Å². The Bertz CT molecular complexity index is 408. The van der Waals surface area contributed by atoms with E-state index < -0.39 is 0 Å². The van der Waals surface area contributed by atoms with Crippen LogP contribution in [-0.4, -0.2) is 32.3 Å². The van der Waals surface area contributed by atoms with E-state index in [4.69, 9.17) is 15.2 Å². The highest BCUT2D eigenvalue weighted by Crippen LogP contribution is 2.29. The summed E-state index contributed by atoms with van der Waals surface area (Å²) in [7, 11) is 0. The summed E-state index contributed by atoms with van der Waals surface area (Å²) in [5, 5.41) is 3.51. The lowest BCUT2D eigenvalue weighted by atomic mass is 9.96. The van der Waals surface area contributed by atoms with Crippen LogP contribution in [-0.2, 0) is 6.42 Å². The van der Waals surface area contributed by atoms with Crippen LogP contribution < -0.4 is 20.5 Å². The van der Waals surface area contributed by atoms with Gasteiger partial charge in [-0.05, 0) is 43.9 Å². The predicted octanol–water partition coefficient (Wildman–Crippen LogP) is 2.60. The number of hydrogen-bond donors (Lipinski definition) is 2. The summed E-state index contributed by atoms with van der Waals surface area (Å²) in [6, 6.07) is 6.63. The van der Waals surface area contributed by atoms with Crippen LogP contribution in [0, 0.1) is 5.92 Å². The molecule has 0 aliphatic carbocycles. The van der Waals surface area contributed by atoms with E-state index in [1.54, 1.807) is 0 Å². The Morgan fingerprint density at radius 3 is 2.33 bits per heavy atom.